The van der Waals surface area contributed by atoms with E-state index in [2.05, 4.69) is 0 Å². The number of ether oxygens (including phenoxy) is 1. The molecule has 0 aliphatic heterocycles. The molecular formula is C13H14ClFO2. The molecule has 0 saturated heterocycles. The number of methoxy groups -OCH3 is 1. The highest BCUT2D eigenvalue weighted by Crippen LogP contribution is 2.35. The first-order valence-electron chi connectivity index (χ1n) is 5.62. The van der Waals surface area contributed by atoms with E-state index >= 15 is 0 Å². The number of ketones is 1. The highest BCUT2D eigenvalue weighted by atomic mass is 35.5. The van der Waals surface area contributed by atoms with Gasteiger partial charge in [0.05, 0.1) is 5.02 Å². The van der Waals surface area contributed by atoms with Gasteiger partial charge in [0.25, 0.3) is 0 Å². The fourth-order valence-electron chi connectivity index (χ4n) is 1.96. The van der Waals surface area contributed by atoms with E-state index in [4.69, 9.17) is 16.3 Å². The smallest absolute Gasteiger partial charge is 0.166 e. The van der Waals surface area contributed by atoms with Crippen LogP contribution in [0.5, 0.6) is 0 Å². The van der Waals surface area contributed by atoms with Crippen molar-refractivity contribution in [3.63, 3.8) is 0 Å². The predicted molar refractivity (Wildman–Crippen MR) is 63.6 cm³/mol. The van der Waals surface area contributed by atoms with Gasteiger partial charge in [-0.05, 0) is 30.4 Å². The second kappa shape index (κ2) is 5.15. The molecule has 1 aliphatic rings. The number of hydrogen-bond acceptors (Lipinski definition) is 2. The molecule has 2 rings (SSSR count). The molecule has 0 heterocycles. The van der Waals surface area contributed by atoms with E-state index in [0.717, 1.165) is 12.8 Å². The molecule has 1 aromatic carbocycles. The summed E-state index contributed by atoms with van der Waals surface area (Å²) < 4.78 is 18.8. The third-order valence-electron chi connectivity index (χ3n) is 3.02. The van der Waals surface area contributed by atoms with Gasteiger partial charge in [-0.25, -0.2) is 4.39 Å². The Balaban J connectivity index is 2.09. The number of halogens is 2. The van der Waals surface area contributed by atoms with E-state index in [-0.39, 0.29) is 17.2 Å². The molecule has 1 fully saturated rings. The summed E-state index contributed by atoms with van der Waals surface area (Å²) >= 11 is 5.67. The van der Waals surface area contributed by atoms with Crippen molar-refractivity contribution in [2.24, 2.45) is 5.92 Å². The minimum atomic E-state index is -0.506. The minimum absolute atomic E-state index is 0.0431. The first-order valence-corrected chi connectivity index (χ1v) is 5.99. The molecule has 0 aromatic heterocycles. The molecule has 4 heteroatoms. The number of carbonyl (C=O) groups excluding carboxylic acids is 1. The van der Waals surface area contributed by atoms with Crippen molar-refractivity contribution in [3.05, 3.63) is 34.6 Å². The number of hydrogen-bond donors (Lipinski definition) is 0. The van der Waals surface area contributed by atoms with Crippen LogP contribution in [0.25, 0.3) is 0 Å². The van der Waals surface area contributed by atoms with Gasteiger partial charge in [0.2, 0.25) is 0 Å². The Morgan fingerprint density at radius 2 is 2.29 bits per heavy atom. The van der Waals surface area contributed by atoms with E-state index in [0.29, 0.717) is 11.5 Å². The fourth-order valence-corrected chi connectivity index (χ4v) is 2.15. The molecule has 1 atom stereocenters. The van der Waals surface area contributed by atoms with Crippen LogP contribution in [0.2, 0.25) is 5.02 Å². The van der Waals surface area contributed by atoms with Crippen molar-refractivity contribution < 1.29 is 13.9 Å². The van der Waals surface area contributed by atoms with Gasteiger partial charge in [-0.2, -0.15) is 0 Å². The quantitative estimate of drug-likeness (QED) is 0.810. The van der Waals surface area contributed by atoms with Crippen molar-refractivity contribution in [3.8, 4) is 0 Å². The van der Waals surface area contributed by atoms with Crippen LogP contribution in [0.15, 0.2) is 18.2 Å². The van der Waals surface area contributed by atoms with Crippen molar-refractivity contribution in [2.75, 3.05) is 7.11 Å². The van der Waals surface area contributed by atoms with Crippen molar-refractivity contribution in [1.29, 1.82) is 0 Å². The fraction of sp³-hybridized carbons (Fsp3) is 0.462. The molecule has 0 amide bonds. The average molecular weight is 257 g/mol. The number of rotatable bonds is 5. The maximum Gasteiger partial charge on any atom is 0.166 e. The molecule has 92 valence electrons. The molecule has 1 aromatic rings. The summed E-state index contributed by atoms with van der Waals surface area (Å²) in [6.07, 6.45) is 1.68. The molecule has 1 saturated carbocycles. The maximum atomic E-state index is 13.6. The van der Waals surface area contributed by atoms with Crippen LogP contribution in [0.1, 0.15) is 18.4 Å². The lowest BCUT2D eigenvalue weighted by molar-refractivity contribution is -0.129. The number of Topliss-reactive ketones (excluding diaryl/α,β-unsaturated/α-hetero) is 1. The summed E-state index contributed by atoms with van der Waals surface area (Å²) in [7, 11) is 1.52. The highest BCUT2D eigenvalue weighted by molar-refractivity contribution is 6.30. The van der Waals surface area contributed by atoms with Gasteiger partial charge < -0.3 is 4.74 Å². The average Bonchev–Trinajstić information content (AvgIpc) is 3.10. The van der Waals surface area contributed by atoms with Crippen molar-refractivity contribution in [2.45, 2.75) is 25.4 Å². The SMILES string of the molecule is COC(C(=O)Cc1cccc(Cl)c1F)C1CC1. The Kier molecular flexibility index (Phi) is 3.79. The van der Waals surface area contributed by atoms with Crippen LogP contribution in [0.4, 0.5) is 4.39 Å². The van der Waals surface area contributed by atoms with Gasteiger partial charge in [-0.3, -0.25) is 4.79 Å². The summed E-state index contributed by atoms with van der Waals surface area (Å²) in [4.78, 5) is 12.0. The minimum Gasteiger partial charge on any atom is -0.373 e. The lowest BCUT2D eigenvalue weighted by Crippen LogP contribution is -2.27. The molecule has 0 spiro atoms. The summed E-state index contributed by atoms with van der Waals surface area (Å²) in [6.45, 7) is 0. The van der Waals surface area contributed by atoms with E-state index in [1.807, 2.05) is 0 Å². The van der Waals surface area contributed by atoms with E-state index in [1.165, 1.54) is 13.2 Å². The molecule has 17 heavy (non-hydrogen) atoms. The Morgan fingerprint density at radius 3 is 2.88 bits per heavy atom. The Bertz CT molecular complexity index is 429. The molecule has 1 unspecified atom stereocenters. The Morgan fingerprint density at radius 1 is 1.59 bits per heavy atom. The molecule has 2 nitrogen and oxygen atoms in total. The second-order valence-electron chi connectivity index (χ2n) is 4.35. The lowest BCUT2D eigenvalue weighted by Gasteiger charge is -2.13. The topological polar surface area (TPSA) is 26.3 Å². The Labute approximate surface area is 105 Å². The monoisotopic (exact) mass is 256 g/mol. The van der Waals surface area contributed by atoms with Crippen LogP contribution >= 0.6 is 11.6 Å². The normalized spacial score (nSPS) is 16.9. The van der Waals surface area contributed by atoms with Crippen molar-refractivity contribution >= 4 is 17.4 Å². The van der Waals surface area contributed by atoms with Crippen LogP contribution in [0.3, 0.4) is 0 Å². The molecular weight excluding hydrogens is 243 g/mol. The van der Waals surface area contributed by atoms with Crippen LogP contribution < -0.4 is 0 Å². The van der Waals surface area contributed by atoms with Gasteiger partial charge in [-0.1, -0.05) is 23.7 Å². The van der Waals surface area contributed by atoms with Crippen LogP contribution in [0, 0.1) is 11.7 Å². The van der Waals surface area contributed by atoms with Gasteiger partial charge in [0, 0.05) is 13.5 Å². The first kappa shape index (κ1) is 12.5. The lowest BCUT2D eigenvalue weighted by atomic mass is 10.0. The van der Waals surface area contributed by atoms with E-state index in [1.54, 1.807) is 12.1 Å². The van der Waals surface area contributed by atoms with Gasteiger partial charge in [0.15, 0.2) is 5.78 Å². The predicted octanol–water partition coefficient (Wildman–Crippen LogP) is 3.02. The highest BCUT2D eigenvalue weighted by Gasteiger charge is 2.36. The van der Waals surface area contributed by atoms with Crippen molar-refractivity contribution in [1.82, 2.24) is 0 Å². The van der Waals surface area contributed by atoms with Gasteiger partial charge in [-0.15, -0.1) is 0 Å². The maximum absolute atomic E-state index is 13.6. The molecule has 0 bridgehead atoms. The van der Waals surface area contributed by atoms with Crippen LogP contribution in [-0.4, -0.2) is 19.0 Å². The zero-order valence-electron chi connectivity index (χ0n) is 9.58. The van der Waals surface area contributed by atoms with E-state index in [9.17, 15) is 9.18 Å². The molecule has 0 radical (unpaired) electrons. The third-order valence-corrected chi connectivity index (χ3v) is 3.31. The van der Waals surface area contributed by atoms with Gasteiger partial charge in [0.1, 0.15) is 11.9 Å². The van der Waals surface area contributed by atoms with Crippen LogP contribution in [-0.2, 0) is 16.0 Å². The zero-order valence-corrected chi connectivity index (χ0v) is 10.3. The Hall–Kier alpha value is -0.930. The second-order valence-corrected chi connectivity index (χ2v) is 4.76. The van der Waals surface area contributed by atoms with Gasteiger partial charge >= 0.3 is 0 Å². The summed E-state index contributed by atoms with van der Waals surface area (Å²) in [5.41, 5.74) is 0.338. The molecule has 0 N–H and O–H groups in total. The largest absolute Gasteiger partial charge is 0.373 e. The summed E-state index contributed by atoms with van der Waals surface area (Å²) in [5.74, 6) is -0.265. The number of carbonyl (C=O) groups is 1. The summed E-state index contributed by atoms with van der Waals surface area (Å²) in [6, 6.07) is 4.70. The number of benzene rings is 1. The van der Waals surface area contributed by atoms with E-state index < -0.39 is 11.9 Å². The first-order chi connectivity index (χ1) is 8.13. The molecule has 1 aliphatic carbocycles. The third kappa shape index (κ3) is 2.85. The summed E-state index contributed by atoms with van der Waals surface area (Å²) in [5, 5.41) is 0.0516. The standard InChI is InChI=1S/C13H14ClFO2/c1-17-13(8-5-6-8)11(16)7-9-3-2-4-10(14)12(9)15/h2-4,8,13H,5-7H2,1H3. The zero-order chi connectivity index (χ0) is 12.4.